The number of carbonyl (C=O) groups excluding carboxylic acids is 1. The van der Waals surface area contributed by atoms with Crippen molar-refractivity contribution in [1.29, 1.82) is 0 Å². The van der Waals surface area contributed by atoms with Gasteiger partial charge in [0.15, 0.2) is 0 Å². The van der Waals surface area contributed by atoms with E-state index < -0.39 is 0 Å². The molecular weight excluding hydrogens is 248 g/mol. The molecule has 2 N–H and O–H groups in total. The minimum Gasteiger partial charge on any atom is -0.338 e. The number of benzene rings is 1. The van der Waals surface area contributed by atoms with Crippen LogP contribution in [0.4, 0.5) is 0 Å². The van der Waals surface area contributed by atoms with Crippen LogP contribution in [0.25, 0.3) is 0 Å². The average molecular weight is 272 g/mol. The topological polar surface area (TPSA) is 46.3 Å². The van der Waals surface area contributed by atoms with Gasteiger partial charge in [0, 0.05) is 24.5 Å². The second kappa shape index (κ2) is 5.57. The molecule has 20 heavy (non-hydrogen) atoms. The molecule has 2 aliphatic rings. The normalized spacial score (nSPS) is 24.5. The van der Waals surface area contributed by atoms with Gasteiger partial charge in [0.05, 0.1) is 0 Å². The fourth-order valence-corrected chi connectivity index (χ4v) is 3.75. The summed E-state index contributed by atoms with van der Waals surface area (Å²) >= 11 is 0. The number of piperidine rings is 1. The highest BCUT2D eigenvalue weighted by Crippen LogP contribution is 2.30. The zero-order valence-corrected chi connectivity index (χ0v) is 12.2. The summed E-state index contributed by atoms with van der Waals surface area (Å²) in [5.74, 6) is 0.454. The molecule has 2 unspecified atom stereocenters. The summed E-state index contributed by atoms with van der Waals surface area (Å²) < 4.78 is 0. The van der Waals surface area contributed by atoms with E-state index in [0.717, 1.165) is 32.2 Å². The molecule has 3 heteroatoms. The number of nitrogens with zero attached hydrogens (tertiary/aromatic N) is 1. The summed E-state index contributed by atoms with van der Waals surface area (Å²) in [6.07, 6.45) is 5.17. The van der Waals surface area contributed by atoms with Crippen molar-refractivity contribution in [3.05, 3.63) is 35.4 Å². The van der Waals surface area contributed by atoms with Crippen molar-refractivity contribution in [3.63, 3.8) is 0 Å². The smallest absolute Gasteiger partial charge is 0.226 e. The lowest BCUT2D eigenvalue weighted by atomic mass is 9.94. The molecular formula is C17H24N2O. The highest BCUT2D eigenvalue weighted by Gasteiger charge is 2.35. The van der Waals surface area contributed by atoms with Crippen LogP contribution < -0.4 is 5.73 Å². The lowest BCUT2D eigenvalue weighted by Crippen LogP contribution is -2.53. The van der Waals surface area contributed by atoms with Crippen molar-refractivity contribution in [2.75, 3.05) is 6.54 Å². The number of carbonyl (C=O) groups is 1. The van der Waals surface area contributed by atoms with E-state index in [9.17, 15) is 4.79 Å². The van der Waals surface area contributed by atoms with Gasteiger partial charge in [-0.05, 0) is 50.2 Å². The van der Waals surface area contributed by atoms with Crippen molar-refractivity contribution < 1.29 is 4.79 Å². The Morgan fingerprint density at radius 2 is 1.90 bits per heavy atom. The number of amides is 1. The van der Waals surface area contributed by atoms with E-state index in [1.54, 1.807) is 0 Å². The van der Waals surface area contributed by atoms with E-state index in [-0.39, 0.29) is 18.0 Å². The van der Waals surface area contributed by atoms with Gasteiger partial charge in [-0.1, -0.05) is 24.3 Å². The van der Waals surface area contributed by atoms with E-state index >= 15 is 0 Å². The number of hydrogen-bond donors (Lipinski definition) is 1. The molecule has 1 aliphatic heterocycles. The first-order valence-electron chi connectivity index (χ1n) is 7.79. The lowest BCUT2D eigenvalue weighted by molar-refractivity contribution is -0.139. The Labute approximate surface area is 121 Å². The molecule has 1 aliphatic carbocycles. The molecule has 1 fully saturated rings. The molecule has 3 nitrogen and oxygen atoms in total. The summed E-state index contributed by atoms with van der Waals surface area (Å²) in [5.41, 5.74) is 8.78. The molecule has 3 rings (SSSR count). The maximum absolute atomic E-state index is 12.9. The van der Waals surface area contributed by atoms with Gasteiger partial charge in [-0.15, -0.1) is 0 Å². The minimum absolute atomic E-state index is 0.0722. The molecule has 1 heterocycles. The number of nitrogens with two attached hydrogens (primary N) is 1. The standard InChI is InChI=1S/C17H24N2O/c1-12(18)16-8-4-5-9-19(16)17(20)15-10-13-6-2-3-7-14(13)11-15/h2-3,6-7,12,15-16H,4-5,8-11,18H2,1H3. The average Bonchev–Trinajstić information content (AvgIpc) is 2.90. The van der Waals surface area contributed by atoms with Crippen LogP contribution in [0.1, 0.15) is 37.3 Å². The van der Waals surface area contributed by atoms with Crippen LogP contribution in [0.5, 0.6) is 0 Å². The van der Waals surface area contributed by atoms with Crippen LogP contribution in [0.15, 0.2) is 24.3 Å². The Morgan fingerprint density at radius 1 is 1.25 bits per heavy atom. The highest BCUT2D eigenvalue weighted by atomic mass is 16.2. The summed E-state index contributed by atoms with van der Waals surface area (Å²) in [5, 5.41) is 0. The van der Waals surface area contributed by atoms with E-state index in [2.05, 4.69) is 29.2 Å². The van der Waals surface area contributed by atoms with Gasteiger partial charge in [-0.25, -0.2) is 0 Å². The fraction of sp³-hybridized carbons (Fsp3) is 0.588. The number of fused-ring (bicyclic) bond motifs is 1. The Hall–Kier alpha value is -1.35. The van der Waals surface area contributed by atoms with E-state index in [0.29, 0.717) is 5.91 Å². The Kier molecular flexibility index (Phi) is 3.79. The quantitative estimate of drug-likeness (QED) is 0.896. The zero-order chi connectivity index (χ0) is 14.1. The second-order valence-corrected chi connectivity index (χ2v) is 6.33. The van der Waals surface area contributed by atoms with Crippen molar-refractivity contribution in [2.24, 2.45) is 11.7 Å². The molecule has 0 saturated carbocycles. The minimum atomic E-state index is 0.0722. The van der Waals surface area contributed by atoms with Gasteiger partial charge < -0.3 is 10.6 Å². The molecule has 108 valence electrons. The largest absolute Gasteiger partial charge is 0.338 e. The maximum Gasteiger partial charge on any atom is 0.226 e. The summed E-state index contributed by atoms with van der Waals surface area (Å²) in [4.78, 5) is 14.9. The number of hydrogen-bond acceptors (Lipinski definition) is 2. The fourth-order valence-electron chi connectivity index (χ4n) is 3.75. The number of likely N-dealkylation sites (tertiary alicyclic amines) is 1. The molecule has 0 bridgehead atoms. The molecule has 2 atom stereocenters. The van der Waals surface area contributed by atoms with Crippen molar-refractivity contribution >= 4 is 5.91 Å². The van der Waals surface area contributed by atoms with Crippen LogP contribution in [0, 0.1) is 5.92 Å². The first-order chi connectivity index (χ1) is 9.66. The van der Waals surface area contributed by atoms with Crippen molar-refractivity contribution in [1.82, 2.24) is 4.90 Å². The predicted molar refractivity (Wildman–Crippen MR) is 80.3 cm³/mol. The van der Waals surface area contributed by atoms with E-state index in [1.165, 1.54) is 17.5 Å². The van der Waals surface area contributed by atoms with Crippen LogP contribution in [0.3, 0.4) is 0 Å². The zero-order valence-electron chi connectivity index (χ0n) is 12.2. The van der Waals surface area contributed by atoms with E-state index in [1.807, 2.05) is 6.92 Å². The third-order valence-corrected chi connectivity index (χ3v) is 4.84. The molecule has 0 radical (unpaired) electrons. The molecule has 1 saturated heterocycles. The molecule has 1 amide bonds. The number of rotatable bonds is 2. The van der Waals surface area contributed by atoms with Gasteiger partial charge in [0.2, 0.25) is 5.91 Å². The third kappa shape index (κ3) is 2.47. The first kappa shape index (κ1) is 13.6. The Bertz CT molecular complexity index is 473. The van der Waals surface area contributed by atoms with Gasteiger partial charge in [0.1, 0.15) is 0 Å². The summed E-state index contributed by atoms with van der Waals surface area (Å²) in [6, 6.07) is 8.75. The van der Waals surface area contributed by atoms with Crippen LogP contribution in [-0.2, 0) is 17.6 Å². The molecule has 1 aromatic carbocycles. The van der Waals surface area contributed by atoms with Gasteiger partial charge >= 0.3 is 0 Å². The monoisotopic (exact) mass is 272 g/mol. The Morgan fingerprint density at radius 3 is 2.50 bits per heavy atom. The summed E-state index contributed by atoms with van der Waals surface area (Å²) in [7, 11) is 0. The highest BCUT2D eigenvalue weighted by molar-refractivity contribution is 5.81. The van der Waals surface area contributed by atoms with Gasteiger partial charge in [-0.3, -0.25) is 4.79 Å². The third-order valence-electron chi connectivity index (χ3n) is 4.84. The second-order valence-electron chi connectivity index (χ2n) is 6.33. The first-order valence-corrected chi connectivity index (χ1v) is 7.79. The Balaban J connectivity index is 1.73. The van der Waals surface area contributed by atoms with E-state index in [4.69, 9.17) is 5.73 Å². The summed E-state index contributed by atoms with van der Waals surface area (Å²) in [6.45, 7) is 2.91. The van der Waals surface area contributed by atoms with Crippen LogP contribution >= 0.6 is 0 Å². The van der Waals surface area contributed by atoms with Crippen LogP contribution in [-0.4, -0.2) is 29.4 Å². The lowest BCUT2D eigenvalue weighted by Gasteiger charge is -2.39. The van der Waals surface area contributed by atoms with Gasteiger partial charge in [-0.2, -0.15) is 0 Å². The van der Waals surface area contributed by atoms with Crippen LogP contribution in [0.2, 0.25) is 0 Å². The SMILES string of the molecule is CC(N)C1CCCCN1C(=O)C1Cc2ccccc2C1. The predicted octanol–water partition coefficient (Wildman–Crippen LogP) is 2.13. The van der Waals surface area contributed by atoms with Gasteiger partial charge in [0.25, 0.3) is 0 Å². The molecule has 0 aromatic heterocycles. The van der Waals surface area contributed by atoms with Crippen molar-refractivity contribution in [2.45, 2.75) is 51.1 Å². The molecule has 0 spiro atoms. The van der Waals surface area contributed by atoms with Crippen molar-refractivity contribution in [3.8, 4) is 0 Å². The molecule has 1 aromatic rings. The maximum atomic E-state index is 12.9.